The lowest BCUT2D eigenvalue weighted by atomic mass is 9.98. The Bertz CT molecular complexity index is 663. The van der Waals surface area contributed by atoms with Crippen molar-refractivity contribution < 1.29 is 23.9 Å². The molecule has 0 unspecified atom stereocenters. The highest BCUT2D eigenvalue weighted by atomic mass is 16.5. The normalized spacial score (nSPS) is 17.8. The minimum atomic E-state index is -0.592. The Balaban J connectivity index is 1.74. The molecule has 1 heterocycles. The molecule has 24 heavy (non-hydrogen) atoms. The summed E-state index contributed by atoms with van der Waals surface area (Å²) in [6.45, 7) is 1.52. The number of carbonyl (C=O) groups is 3. The molecule has 0 N–H and O–H groups in total. The first kappa shape index (κ1) is 16.5. The van der Waals surface area contributed by atoms with Gasteiger partial charge in [-0.05, 0) is 50.8 Å². The Morgan fingerprint density at radius 1 is 1.12 bits per heavy atom. The molecule has 1 aliphatic heterocycles. The largest absolute Gasteiger partial charge is 0.490 e. The smallest absolute Gasteiger partial charge is 0.326 e. The molecule has 0 radical (unpaired) electrons. The molecular weight excluding hydrogens is 310 g/mol. The Morgan fingerprint density at radius 2 is 1.83 bits per heavy atom. The van der Waals surface area contributed by atoms with Crippen LogP contribution in [-0.2, 0) is 9.53 Å². The Hall–Kier alpha value is -2.37. The van der Waals surface area contributed by atoms with Gasteiger partial charge in [-0.3, -0.25) is 19.3 Å². The van der Waals surface area contributed by atoms with Gasteiger partial charge in [0.05, 0.1) is 23.8 Å². The first-order valence-electron chi connectivity index (χ1n) is 8.42. The number of carbonyl (C=O) groups excluding carboxylic acids is 3. The lowest BCUT2D eigenvalue weighted by molar-refractivity contribution is -0.143. The van der Waals surface area contributed by atoms with Crippen molar-refractivity contribution in [1.82, 2.24) is 4.90 Å². The van der Waals surface area contributed by atoms with Gasteiger partial charge in [0.25, 0.3) is 11.8 Å². The number of amides is 2. The van der Waals surface area contributed by atoms with E-state index < -0.39 is 17.8 Å². The van der Waals surface area contributed by atoms with Crippen LogP contribution >= 0.6 is 0 Å². The highest BCUT2D eigenvalue weighted by Crippen LogP contribution is 2.29. The standard InChI is InChI=1S/C18H21NO5/c1-2-23-16(20)11-19-17(21)14-9-8-13(10-15(14)18(19)22)24-12-6-4-3-5-7-12/h8-10,12H,2-7,11H2,1H3. The third-order valence-electron chi connectivity index (χ3n) is 4.39. The summed E-state index contributed by atoms with van der Waals surface area (Å²) in [6, 6.07) is 4.92. The van der Waals surface area contributed by atoms with Gasteiger partial charge in [-0.1, -0.05) is 6.42 Å². The van der Waals surface area contributed by atoms with Crippen LogP contribution in [-0.4, -0.2) is 41.9 Å². The maximum Gasteiger partial charge on any atom is 0.326 e. The number of nitrogens with zero attached hydrogens (tertiary/aromatic N) is 1. The topological polar surface area (TPSA) is 72.9 Å². The second-order valence-corrected chi connectivity index (χ2v) is 6.09. The van der Waals surface area contributed by atoms with Crippen molar-refractivity contribution in [2.45, 2.75) is 45.1 Å². The average molecular weight is 331 g/mol. The van der Waals surface area contributed by atoms with Crippen LogP contribution in [0.4, 0.5) is 0 Å². The molecule has 0 aromatic heterocycles. The molecule has 1 aromatic carbocycles. The number of hydrogen-bond donors (Lipinski definition) is 0. The van der Waals surface area contributed by atoms with Gasteiger partial charge >= 0.3 is 5.97 Å². The number of ether oxygens (including phenoxy) is 2. The Labute approximate surface area is 140 Å². The van der Waals surface area contributed by atoms with E-state index in [2.05, 4.69) is 0 Å². The second kappa shape index (κ2) is 7.03. The van der Waals surface area contributed by atoms with Crippen LogP contribution in [0.5, 0.6) is 5.75 Å². The van der Waals surface area contributed by atoms with Gasteiger partial charge in [0, 0.05) is 0 Å². The number of hydrogen-bond acceptors (Lipinski definition) is 5. The first-order valence-corrected chi connectivity index (χ1v) is 8.42. The molecule has 2 amide bonds. The maximum atomic E-state index is 12.4. The molecular formula is C18H21NO5. The van der Waals surface area contributed by atoms with Gasteiger partial charge in [-0.25, -0.2) is 0 Å². The van der Waals surface area contributed by atoms with Crippen molar-refractivity contribution in [2.24, 2.45) is 0 Å². The van der Waals surface area contributed by atoms with E-state index in [1.807, 2.05) is 0 Å². The van der Waals surface area contributed by atoms with Crippen molar-refractivity contribution in [3.63, 3.8) is 0 Å². The van der Waals surface area contributed by atoms with E-state index in [0.29, 0.717) is 11.3 Å². The lowest BCUT2D eigenvalue weighted by Gasteiger charge is -2.23. The summed E-state index contributed by atoms with van der Waals surface area (Å²) >= 11 is 0. The van der Waals surface area contributed by atoms with Crippen LogP contribution in [0.25, 0.3) is 0 Å². The van der Waals surface area contributed by atoms with E-state index in [-0.39, 0.29) is 24.8 Å². The molecule has 128 valence electrons. The fourth-order valence-electron chi connectivity index (χ4n) is 3.20. The number of imide groups is 1. The summed E-state index contributed by atoms with van der Waals surface area (Å²) in [4.78, 5) is 37.2. The number of benzene rings is 1. The van der Waals surface area contributed by atoms with Gasteiger partial charge < -0.3 is 9.47 Å². The first-order chi connectivity index (χ1) is 11.6. The molecule has 0 bridgehead atoms. The van der Waals surface area contributed by atoms with Crippen LogP contribution in [0.2, 0.25) is 0 Å². The second-order valence-electron chi connectivity index (χ2n) is 6.09. The summed E-state index contributed by atoms with van der Waals surface area (Å²) in [5.41, 5.74) is 0.595. The molecule has 6 heteroatoms. The number of rotatable bonds is 5. The van der Waals surface area contributed by atoms with Crippen LogP contribution in [0.1, 0.15) is 59.7 Å². The quantitative estimate of drug-likeness (QED) is 0.612. The molecule has 3 rings (SSSR count). The van der Waals surface area contributed by atoms with Crippen molar-refractivity contribution in [3.8, 4) is 5.75 Å². The van der Waals surface area contributed by atoms with Gasteiger partial charge in [-0.2, -0.15) is 0 Å². The molecule has 1 aromatic rings. The Kier molecular flexibility index (Phi) is 4.83. The van der Waals surface area contributed by atoms with Crippen LogP contribution < -0.4 is 4.74 Å². The fraction of sp³-hybridized carbons (Fsp3) is 0.500. The molecule has 1 saturated carbocycles. The van der Waals surface area contributed by atoms with Gasteiger partial charge in [0.2, 0.25) is 0 Å². The summed E-state index contributed by atoms with van der Waals surface area (Å²) < 4.78 is 10.8. The summed E-state index contributed by atoms with van der Waals surface area (Å²) in [6.07, 6.45) is 5.73. The zero-order valence-electron chi connectivity index (χ0n) is 13.7. The van der Waals surface area contributed by atoms with E-state index in [0.717, 1.165) is 30.6 Å². The molecule has 2 aliphatic rings. The van der Waals surface area contributed by atoms with Gasteiger partial charge in [0.15, 0.2) is 0 Å². The third-order valence-corrected chi connectivity index (χ3v) is 4.39. The predicted octanol–water partition coefficient (Wildman–Crippen LogP) is 2.56. The van der Waals surface area contributed by atoms with Crippen molar-refractivity contribution in [2.75, 3.05) is 13.2 Å². The van der Waals surface area contributed by atoms with E-state index in [4.69, 9.17) is 9.47 Å². The SMILES string of the molecule is CCOC(=O)CN1C(=O)c2ccc(OC3CCCCC3)cc2C1=O. The van der Waals surface area contributed by atoms with Crippen LogP contribution in [0, 0.1) is 0 Å². The monoisotopic (exact) mass is 331 g/mol. The van der Waals surface area contributed by atoms with E-state index in [9.17, 15) is 14.4 Å². The van der Waals surface area contributed by atoms with Gasteiger partial charge in [0.1, 0.15) is 12.3 Å². The lowest BCUT2D eigenvalue weighted by Crippen LogP contribution is -2.35. The number of fused-ring (bicyclic) bond motifs is 1. The third kappa shape index (κ3) is 3.27. The molecule has 1 aliphatic carbocycles. The zero-order valence-corrected chi connectivity index (χ0v) is 13.7. The maximum absolute atomic E-state index is 12.4. The fourth-order valence-corrected chi connectivity index (χ4v) is 3.20. The van der Waals surface area contributed by atoms with E-state index >= 15 is 0 Å². The van der Waals surface area contributed by atoms with E-state index in [1.54, 1.807) is 25.1 Å². The molecule has 0 spiro atoms. The summed E-state index contributed by atoms with van der Waals surface area (Å²) in [5, 5.41) is 0. The van der Waals surface area contributed by atoms with Crippen molar-refractivity contribution >= 4 is 17.8 Å². The minimum absolute atomic E-state index is 0.166. The highest BCUT2D eigenvalue weighted by Gasteiger charge is 2.37. The molecule has 6 nitrogen and oxygen atoms in total. The average Bonchev–Trinajstić information content (AvgIpc) is 2.81. The number of esters is 1. The summed E-state index contributed by atoms with van der Waals surface area (Å²) in [7, 11) is 0. The molecule has 1 fully saturated rings. The zero-order chi connectivity index (χ0) is 17.1. The van der Waals surface area contributed by atoms with Crippen molar-refractivity contribution in [1.29, 1.82) is 0 Å². The van der Waals surface area contributed by atoms with Crippen LogP contribution in [0.15, 0.2) is 18.2 Å². The summed E-state index contributed by atoms with van der Waals surface area (Å²) in [5.74, 6) is -0.935. The Morgan fingerprint density at radius 3 is 2.54 bits per heavy atom. The van der Waals surface area contributed by atoms with E-state index in [1.165, 1.54) is 6.42 Å². The predicted molar refractivity (Wildman–Crippen MR) is 85.9 cm³/mol. The highest BCUT2D eigenvalue weighted by molar-refractivity contribution is 6.22. The van der Waals surface area contributed by atoms with Crippen molar-refractivity contribution in [3.05, 3.63) is 29.3 Å². The minimum Gasteiger partial charge on any atom is -0.490 e. The molecule has 0 saturated heterocycles. The van der Waals surface area contributed by atoms with Gasteiger partial charge in [-0.15, -0.1) is 0 Å². The van der Waals surface area contributed by atoms with Crippen LogP contribution in [0.3, 0.4) is 0 Å². The molecule has 0 atom stereocenters.